The van der Waals surface area contributed by atoms with Crippen molar-refractivity contribution in [2.24, 2.45) is 5.41 Å². The quantitative estimate of drug-likeness (QED) is 0.140. The molecule has 10 nitrogen and oxygen atoms in total. The summed E-state index contributed by atoms with van der Waals surface area (Å²) in [6.45, 7) is 12.4. The van der Waals surface area contributed by atoms with E-state index in [0.29, 0.717) is 24.9 Å². The van der Waals surface area contributed by atoms with Crippen LogP contribution in [-0.4, -0.2) is 85.8 Å². The highest BCUT2D eigenvalue weighted by Crippen LogP contribution is 2.31. The highest BCUT2D eigenvalue weighted by molar-refractivity contribution is 7.99. The molecule has 1 aliphatic heterocycles. The van der Waals surface area contributed by atoms with Gasteiger partial charge in [-0.05, 0) is 74.8 Å². The monoisotopic (exact) mass is 738 g/mol. The molecule has 0 saturated carbocycles. The summed E-state index contributed by atoms with van der Waals surface area (Å²) in [5.41, 5.74) is 1.91. The third-order valence-electron chi connectivity index (χ3n) is 9.42. The molecule has 1 fully saturated rings. The Labute approximate surface area is 318 Å². The van der Waals surface area contributed by atoms with Crippen LogP contribution in [0.5, 0.6) is 0 Å². The lowest BCUT2D eigenvalue weighted by molar-refractivity contribution is -0.131. The summed E-state index contributed by atoms with van der Waals surface area (Å²) in [6, 6.07) is 22.7. The van der Waals surface area contributed by atoms with Crippen LogP contribution in [-0.2, 0) is 21.8 Å². The number of benzene rings is 2. The van der Waals surface area contributed by atoms with Gasteiger partial charge in [-0.1, -0.05) is 81.4 Å². The van der Waals surface area contributed by atoms with E-state index in [4.69, 9.17) is 0 Å². The maximum atomic E-state index is 14.2. The van der Waals surface area contributed by atoms with Gasteiger partial charge in [-0.3, -0.25) is 24.3 Å². The number of hydrogen-bond acceptors (Lipinski definition) is 8. The summed E-state index contributed by atoms with van der Waals surface area (Å²) >= 11 is 1.83. The zero-order chi connectivity index (χ0) is 38.2. The number of aliphatic hydroxyl groups excluding tert-OH is 1. The van der Waals surface area contributed by atoms with Crippen LogP contribution in [0.3, 0.4) is 0 Å². The van der Waals surface area contributed by atoms with E-state index in [2.05, 4.69) is 36.9 Å². The number of piperidine rings is 1. The molecule has 53 heavy (non-hydrogen) atoms. The number of β-amino-alcohol motifs (C(OH)–C–C–N with tert-alkyl or cyclic N) is 1. The normalized spacial score (nSPS) is 18.5. The first-order valence-corrected chi connectivity index (χ1v) is 19.5. The molecule has 4 N–H and O–H groups in total. The van der Waals surface area contributed by atoms with Gasteiger partial charge in [0, 0.05) is 47.4 Å². The molecule has 5 rings (SSSR count). The number of nitrogens with zero attached hydrogens (tertiary/aromatic N) is 3. The van der Waals surface area contributed by atoms with Crippen LogP contribution in [0.1, 0.15) is 76.0 Å². The number of amides is 3. The van der Waals surface area contributed by atoms with E-state index in [1.807, 2.05) is 126 Å². The Kier molecular flexibility index (Phi) is 13.3. The van der Waals surface area contributed by atoms with Gasteiger partial charge in [0.25, 0.3) is 5.91 Å². The SMILES string of the molecule is CC(C)(C)NC(=O)C1C[C@H](SCc2cccnc2)CCN1C[C@@H](O)[C@H](Cc1ccccc1)NC(=O)C(NC(=O)c1ccc2ccccc2n1)C(C)(C)C. The van der Waals surface area contributed by atoms with Crippen molar-refractivity contribution in [3.63, 3.8) is 0 Å². The largest absolute Gasteiger partial charge is 0.390 e. The van der Waals surface area contributed by atoms with Crippen LogP contribution in [0.2, 0.25) is 0 Å². The van der Waals surface area contributed by atoms with Gasteiger partial charge in [0.15, 0.2) is 0 Å². The molecule has 2 aromatic carbocycles. The molecular weight excluding hydrogens is 685 g/mol. The molecule has 5 atom stereocenters. The van der Waals surface area contributed by atoms with Crippen molar-refractivity contribution in [1.29, 1.82) is 0 Å². The van der Waals surface area contributed by atoms with E-state index >= 15 is 0 Å². The van der Waals surface area contributed by atoms with Gasteiger partial charge in [-0.15, -0.1) is 0 Å². The molecule has 4 aromatic rings. The number of para-hydroxylation sites is 1. The minimum absolute atomic E-state index is 0.0715. The van der Waals surface area contributed by atoms with E-state index in [-0.39, 0.29) is 23.4 Å². The van der Waals surface area contributed by atoms with Crippen LogP contribution >= 0.6 is 11.8 Å². The third kappa shape index (κ3) is 11.6. The second-order valence-electron chi connectivity index (χ2n) is 16.1. The molecule has 3 heterocycles. The fourth-order valence-corrected chi connectivity index (χ4v) is 7.82. The Balaban J connectivity index is 1.33. The fraction of sp³-hybridized carbons (Fsp3) is 0.452. The van der Waals surface area contributed by atoms with Gasteiger partial charge in [0.05, 0.1) is 23.7 Å². The number of thioether (sulfide) groups is 1. The van der Waals surface area contributed by atoms with E-state index in [9.17, 15) is 19.5 Å². The van der Waals surface area contributed by atoms with Gasteiger partial charge in [0.2, 0.25) is 11.8 Å². The number of likely N-dealkylation sites (tertiary alicyclic amines) is 1. The average molecular weight is 739 g/mol. The van der Waals surface area contributed by atoms with Gasteiger partial charge in [-0.25, -0.2) is 4.98 Å². The molecule has 0 aliphatic carbocycles. The lowest BCUT2D eigenvalue weighted by Gasteiger charge is -2.41. The van der Waals surface area contributed by atoms with E-state index in [0.717, 1.165) is 28.7 Å². The number of aliphatic hydroxyl groups is 1. The predicted molar refractivity (Wildman–Crippen MR) is 212 cm³/mol. The van der Waals surface area contributed by atoms with Gasteiger partial charge < -0.3 is 21.1 Å². The van der Waals surface area contributed by atoms with Crippen molar-refractivity contribution in [3.8, 4) is 0 Å². The number of carbonyl (C=O) groups excluding carboxylic acids is 3. The summed E-state index contributed by atoms with van der Waals surface area (Å²) in [5, 5.41) is 22.4. The molecule has 282 valence electrons. The number of hydrogen-bond donors (Lipinski definition) is 4. The van der Waals surface area contributed by atoms with Crippen molar-refractivity contribution in [3.05, 3.63) is 108 Å². The van der Waals surface area contributed by atoms with Gasteiger partial charge in [-0.2, -0.15) is 11.8 Å². The number of nitrogens with one attached hydrogen (secondary N) is 3. The average Bonchev–Trinajstić information content (AvgIpc) is 3.12. The summed E-state index contributed by atoms with van der Waals surface area (Å²) in [6.07, 6.45) is 4.48. The first-order valence-electron chi connectivity index (χ1n) is 18.4. The maximum Gasteiger partial charge on any atom is 0.270 e. The number of aromatic nitrogens is 2. The Bertz CT molecular complexity index is 1830. The van der Waals surface area contributed by atoms with Gasteiger partial charge in [0.1, 0.15) is 11.7 Å². The molecule has 3 amide bonds. The summed E-state index contributed by atoms with van der Waals surface area (Å²) in [7, 11) is 0. The molecule has 11 heteroatoms. The standard InChI is InChI=1S/C42H54N6O4S/c1-41(2,3)37(46-38(50)33-19-18-30-16-10-11-17-32(30)44-33)40(52)45-34(23-28-13-8-7-9-14-28)36(49)26-48-22-20-31(53-27-29-15-12-21-43-25-29)24-35(48)39(51)47-42(4,5)6/h7-19,21,25,31,34-37,49H,20,22-24,26-27H2,1-6H3,(H,45,52)(H,46,50)(H,47,51)/t31-,34+,35?,36-,37?/m1/s1. The van der Waals surface area contributed by atoms with E-state index < -0.39 is 47.0 Å². The zero-order valence-electron chi connectivity index (χ0n) is 31.7. The van der Waals surface area contributed by atoms with Crippen LogP contribution in [0.25, 0.3) is 10.9 Å². The Hall–Kier alpha value is -4.32. The number of rotatable bonds is 13. The smallest absolute Gasteiger partial charge is 0.270 e. The van der Waals surface area contributed by atoms with Crippen molar-refractivity contribution in [1.82, 2.24) is 30.8 Å². The molecule has 2 unspecified atom stereocenters. The van der Waals surface area contributed by atoms with Crippen LogP contribution in [0.4, 0.5) is 0 Å². The minimum atomic E-state index is -1.01. The van der Waals surface area contributed by atoms with Crippen LogP contribution in [0, 0.1) is 5.41 Å². The Morgan fingerprint density at radius 3 is 2.32 bits per heavy atom. The molecule has 0 bridgehead atoms. The lowest BCUT2D eigenvalue weighted by Crippen LogP contribution is -2.61. The van der Waals surface area contributed by atoms with Crippen LogP contribution in [0.15, 0.2) is 91.3 Å². The highest BCUT2D eigenvalue weighted by atomic mass is 32.2. The summed E-state index contributed by atoms with van der Waals surface area (Å²) in [4.78, 5) is 52.3. The molecule has 1 aliphatic rings. The third-order valence-corrected chi connectivity index (χ3v) is 10.8. The van der Waals surface area contributed by atoms with Gasteiger partial charge >= 0.3 is 0 Å². The van der Waals surface area contributed by atoms with E-state index in [1.165, 1.54) is 0 Å². The molecule has 1 saturated heterocycles. The lowest BCUT2D eigenvalue weighted by atomic mass is 9.85. The van der Waals surface area contributed by atoms with Crippen molar-refractivity contribution >= 4 is 40.4 Å². The Morgan fingerprint density at radius 2 is 1.62 bits per heavy atom. The second kappa shape index (κ2) is 17.7. The fourth-order valence-electron chi connectivity index (χ4n) is 6.63. The maximum absolute atomic E-state index is 14.2. The topological polar surface area (TPSA) is 137 Å². The highest BCUT2D eigenvalue weighted by Gasteiger charge is 2.39. The van der Waals surface area contributed by atoms with Crippen molar-refractivity contribution < 1.29 is 19.5 Å². The summed E-state index contributed by atoms with van der Waals surface area (Å²) < 4.78 is 0. The number of pyridine rings is 2. The molecule has 0 spiro atoms. The zero-order valence-corrected chi connectivity index (χ0v) is 32.5. The minimum Gasteiger partial charge on any atom is -0.390 e. The van der Waals surface area contributed by atoms with E-state index in [1.54, 1.807) is 12.3 Å². The molecule has 2 aromatic heterocycles. The summed E-state index contributed by atoms with van der Waals surface area (Å²) in [5.74, 6) is -0.123. The van der Waals surface area contributed by atoms with Crippen molar-refractivity contribution in [2.45, 2.75) is 102 Å². The van der Waals surface area contributed by atoms with Crippen LogP contribution < -0.4 is 16.0 Å². The Morgan fingerprint density at radius 1 is 0.906 bits per heavy atom. The number of carbonyl (C=O) groups is 3. The second-order valence-corrected chi connectivity index (χ2v) is 17.4. The number of fused-ring (bicyclic) bond motifs is 1. The molecule has 0 radical (unpaired) electrons. The van der Waals surface area contributed by atoms with Crippen molar-refractivity contribution in [2.75, 3.05) is 13.1 Å². The first-order chi connectivity index (χ1) is 25.2. The first kappa shape index (κ1) is 39.9. The predicted octanol–water partition coefficient (Wildman–Crippen LogP) is 5.54. The molecular formula is C42H54N6O4S.